The van der Waals surface area contributed by atoms with E-state index in [1.807, 2.05) is 27.9 Å². The van der Waals surface area contributed by atoms with E-state index < -0.39 is 10.0 Å². The molecule has 0 spiro atoms. The molecule has 158 valence electrons. The molecule has 1 amide bonds. The molecule has 0 aliphatic carbocycles. The standard InChI is InChI=1S/C22H31N3O3S/c1-16-7-12-20(13-17(16)2)29(27,28)24-19-10-8-18(9-11-19)21(26)23-14-22(3,4)15-25(5)6/h7-13,24H,14-15H2,1-6H3,(H,23,26). The number of hydrogen-bond donors (Lipinski definition) is 2. The van der Waals surface area contributed by atoms with E-state index in [2.05, 4.69) is 28.8 Å². The van der Waals surface area contributed by atoms with Gasteiger partial charge in [0.15, 0.2) is 0 Å². The van der Waals surface area contributed by atoms with Crippen LogP contribution in [0.25, 0.3) is 0 Å². The molecule has 0 aliphatic heterocycles. The van der Waals surface area contributed by atoms with E-state index in [0.717, 1.165) is 17.7 Å². The summed E-state index contributed by atoms with van der Waals surface area (Å²) in [5.74, 6) is -0.180. The third kappa shape index (κ3) is 6.58. The lowest BCUT2D eigenvalue weighted by molar-refractivity contribution is 0.0929. The number of aryl methyl sites for hydroxylation is 2. The van der Waals surface area contributed by atoms with Crippen LogP contribution < -0.4 is 10.0 Å². The van der Waals surface area contributed by atoms with Crippen LogP contribution >= 0.6 is 0 Å². The molecule has 2 N–H and O–H groups in total. The third-order valence-corrected chi connectivity index (χ3v) is 6.04. The summed E-state index contributed by atoms with van der Waals surface area (Å²) in [4.78, 5) is 14.7. The highest BCUT2D eigenvalue weighted by molar-refractivity contribution is 7.92. The monoisotopic (exact) mass is 417 g/mol. The molecule has 2 aromatic rings. The lowest BCUT2D eigenvalue weighted by Gasteiger charge is -2.28. The van der Waals surface area contributed by atoms with Crippen LogP contribution in [-0.2, 0) is 10.0 Å². The van der Waals surface area contributed by atoms with Gasteiger partial charge in [-0.25, -0.2) is 8.42 Å². The van der Waals surface area contributed by atoms with Crippen molar-refractivity contribution in [1.29, 1.82) is 0 Å². The minimum Gasteiger partial charge on any atom is -0.351 e. The summed E-state index contributed by atoms with van der Waals surface area (Å²) in [6.07, 6.45) is 0. The first-order chi connectivity index (χ1) is 13.4. The van der Waals surface area contributed by atoms with Gasteiger partial charge in [0.25, 0.3) is 15.9 Å². The van der Waals surface area contributed by atoms with Crippen LogP contribution in [0.2, 0.25) is 0 Å². The van der Waals surface area contributed by atoms with Crippen molar-refractivity contribution in [2.45, 2.75) is 32.6 Å². The zero-order chi connectivity index (χ0) is 21.8. The van der Waals surface area contributed by atoms with Gasteiger partial charge in [-0.2, -0.15) is 0 Å². The molecule has 2 rings (SSSR count). The predicted octanol–water partition coefficient (Wildman–Crippen LogP) is 3.42. The van der Waals surface area contributed by atoms with E-state index in [4.69, 9.17) is 0 Å². The normalized spacial score (nSPS) is 12.1. The Balaban J connectivity index is 2.04. The van der Waals surface area contributed by atoms with Gasteiger partial charge < -0.3 is 10.2 Å². The van der Waals surface area contributed by atoms with Gasteiger partial charge in [0.1, 0.15) is 0 Å². The lowest BCUT2D eigenvalue weighted by Crippen LogP contribution is -2.39. The Hall–Kier alpha value is -2.38. The minimum atomic E-state index is -3.68. The van der Waals surface area contributed by atoms with E-state index in [9.17, 15) is 13.2 Å². The minimum absolute atomic E-state index is 0.0547. The Bertz CT molecular complexity index is 965. The summed E-state index contributed by atoms with van der Waals surface area (Å²) >= 11 is 0. The molecule has 0 aliphatic rings. The first kappa shape index (κ1) is 22.9. The van der Waals surface area contributed by atoms with Gasteiger partial charge in [-0.05, 0) is 80.9 Å². The van der Waals surface area contributed by atoms with Crippen LogP contribution in [0, 0.1) is 19.3 Å². The summed E-state index contributed by atoms with van der Waals surface area (Å²) < 4.78 is 27.7. The SMILES string of the molecule is Cc1ccc(S(=O)(=O)Nc2ccc(C(=O)NCC(C)(C)CN(C)C)cc2)cc1C. The zero-order valence-corrected chi connectivity index (χ0v) is 18.9. The molecule has 0 aromatic heterocycles. The van der Waals surface area contributed by atoms with E-state index in [1.165, 1.54) is 0 Å². The van der Waals surface area contributed by atoms with Crippen molar-refractivity contribution in [2.75, 3.05) is 31.9 Å². The number of rotatable bonds is 8. The molecule has 0 heterocycles. The predicted molar refractivity (Wildman–Crippen MR) is 118 cm³/mol. The van der Waals surface area contributed by atoms with Crippen molar-refractivity contribution < 1.29 is 13.2 Å². The summed E-state index contributed by atoms with van der Waals surface area (Å²) in [5, 5.41) is 2.95. The average molecular weight is 418 g/mol. The Kier molecular flexibility index (Phi) is 7.08. The molecule has 29 heavy (non-hydrogen) atoms. The topological polar surface area (TPSA) is 78.5 Å². The number of carbonyl (C=O) groups is 1. The quantitative estimate of drug-likeness (QED) is 0.690. The molecule has 0 saturated carbocycles. The number of anilines is 1. The number of amides is 1. The zero-order valence-electron chi connectivity index (χ0n) is 18.0. The van der Waals surface area contributed by atoms with Gasteiger partial charge in [-0.1, -0.05) is 19.9 Å². The highest BCUT2D eigenvalue weighted by atomic mass is 32.2. The molecular weight excluding hydrogens is 386 g/mol. The number of sulfonamides is 1. The van der Waals surface area contributed by atoms with Gasteiger partial charge in [0.05, 0.1) is 4.90 Å². The second-order valence-electron chi connectivity index (χ2n) is 8.51. The highest BCUT2D eigenvalue weighted by Crippen LogP contribution is 2.20. The van der Waals surface area contributed by atoms with E-state index >= 15 is 0 Å². The maximum absolute atomic E-state index is 12.6. The fraction of sp³-hybridized carbons (Fsp3) is 0.409. The van der Waals surface area contributed by atoms with Crippen LogP contribution in [-0.4, -0.2) is 46.4 Å². The Morgan fingerprint density at radius 2 is 1.62 bits per heavy atom. The number of carbonyl (C=O) groups excluding carboxylic acids is 1. The third-order valence-electron chi connectivity index (χ3n) is 4.66. The van der Waals surface area contributed by atoms with Crippen molar-refractivity contribution in [3.05, 3.63) is 59.2 Å². The molecule has 0 unspecified atom stereocenters. The maximum atomic E-state index is 12.6. The number of hydrogen-bond acceptors (Lipinski definition) is 4. The highest BCUT2D eigenvalue weighted by Gasteiger charge is 2.20. The Labute approximate surface area is 174 Å². The molecule has 2 aromatic carbocycles. The first-order valence-electron chi connectivity index (χ1n) is 9.53. The molecule has 0 radical (unpaired) electrons. The summed E-state index contributed by atoms with van der Waals surface area (Å²) in [6, 6.07) is 11.4. The molecule has 0 bridgehead atoms. The summed E-state index contributed by atoms with van der Waals surface area (Å²) in [6.45, 7) is 9.40. The van der Waals surface area contributed by atoms with Crippen molar-refractivity contribution in [3.63, 3.8) is 0 Å². The first-order valence-corrected chi connectivity index (χ1v) is 11.0. The van der Waals surface area contributed by atoms with Crippen LogP contribution in [0.4, 0.5) is 5.69 Å². The second-order valence-corrected chi connectivity index (χ2v) is 10.2. The summed E-state index contributed by atoms with van der Waals surface area (Å²) in [7, 11) is 0.320. The van der Waals surface area contributed by atoms with Crippen molar-refractivity contribution >= 4 is 21.6 Å². The molecule has 0 fully saturated rings. The fourth-order valence-corrected chi connectivity index (χ4v) is 4.26. The molecule has 0 atom stereocenters. The smallest absolute Gasteiger partial charge is 0.261 e. The average Bonchev–Trinajstić information content (AvgIpc) is 2.61. The maximum Gasteiger partial charge on any atom is 0.261 e. The molecule has 7 heteroatoms. The fourth-order valence-electron chi connectivity index (χ4n) is 3.12. The van der Waals surface area contributed by atoms with Gasteiger partial charge in [-0.15, -0.1) is 0 Å². The van der Waals surface area contributed by atoms with Crippen molar-refractivity contribution in [3.8, 4) is 0 Å². The van der Waals surface area contributed by atoms with Gasteiger partial charge in [0, 0.05) is 24.3 Å². The Morgan fingerprint density at radius 1 is 1.00 bits per heavy atom. The van der Waals surface area contributed by atoms with Gasteiger partial charge in [-0.3, -0.25) is 9.52 Å². The molecule has 0 saturated heterocycles. The van der Waals surface area contributed by atoms with Gasteiger partial charge in [0.2, 0.25) is 0 Å². The van der Waals surface area contributed by atoms with Crippen LogP contribution in [0.5, 0.6) is 0 Å². The van der Waals surface area contributed by atoms with Gasteiger partial charge >= 0.3 is 0 Å². The van der Waals surface area contributed by atoms with Crippen LogP contribution in [0.3, 0.4) is 0 Å². The van der Waals surface area contributed by atoms with Crippen LogP contribution in [0.1, 0.15) is 35.3 Å². The van der Waals surface area contributed by atoms with Crippen molar-refractivity contribution in [1.82, 2.24) is 10.2 Å². The largest absolute Gasteiger partial charge is 0.351 e. The number of benzene rings is 2. The number of nitrogens with zero attached hydrogens (tertiary/aromatic N) is 1. The molecular formula is C22H31N3O3S. The van der Waals surface area contributed by atoms with E-state index in [-0.39, 0.29) is 16.2 Å². The van der Waals surface area contributed by atoms with E-state index in [0.29, 0.717) is 17.8 Å². The Morgan fingerprint density at radius 3 is 2.17 bits per heavy atom. The van der Waals surface area contributed by atoms with Crippen LogP contribution in [0.15, 0.2) is 47.4 Å². The van der Waals surface area contributed by atoms with Crippen molar-refractivity contribution in [2.24, 2.45) is 5.41 Å². The van der Waals surface area contributed by atoms with E-state index in [1.54, 1.807) is 42.5 Å². The summed E-state index contributed by atoms with van der Waals surface area (Å²) in [5.41, 5.74) is 2.79. The second kappa shape index (κ2) is 8.97. The molecule has 6 nitrogen and oxygen atoms in total. The lowest BCUT2D eigenvalue weighted by atomic mass is 9.93. The number of nitrogens with one attached hydrogen (secondary N) is 2.